The molecule has 5 aromatic rings. The Hall–Kier alpha value is -3.13. The summed E-state index contributed by atoms with van der Waals surface area (Å²) in [7, 11) is 0. The van der Waals surface area contributed by atoms with Crippen LogP contribution in [0.5, 0.6) is 0 Å². The molecule has 9 heteroatoms. The zero-order valence-corrected chi connectivity index (χ0v) is 18.8. The van der Waals surface area contributed by atoms with Gasteiger partial charge in [0, 0.05) is 57.4 Å². The summed E-state index contributed by atoms with van der Waals surface area (Å²) in [5, 5.41) is 6.71. The van der Waals surface area contributed by atoms with Gasteiger partial charge in [0.2, 0.25) is 0 Å². The van der Waals surface area contributed by atoms with E-state index in [0.29, 0.717) is 15.0 Å². The van der Waals surface area contributed by atoms with E-state index in [4.69, 9.17) is 23.2 Å². The first-order valence-electron chi connectivity index (χ1n) is 9.77. The minimum absolute atomic E-state index is 0.0132. The van der Waals surface area contributed by atoms with Crippen LogP contribution in [0.3, 0.4) is 0 Å². The van der Waals surface area contributed by atoms with Gasteiger partial charge in [-0.15, -0.1) is 11.3 Å². The zero-order valence-electron chi connectivity index (χ0n) is 16.5. The summed E-state index contributed by atoms with van der Waals surface area (Å²) in [6.07, 6.45) is 4.84. The van der Waals surface area contributed by atoms with Crippen LogP contribution in [0.1, 0.15) is 27.4 Å². The largest absolute Gasteiger partial charge is 0.361 e. The van der Waals surface area contributed by atoms with Crippen molar-refractivity contribution in [3.05, 3.63) is 104 Å². The maximum absolute atomic E-state index is 12.9. The molecule has 0 bridgehead atoms. The fourth-order valence-electron chi connectivity index (χ4n) is 3.82. The van der Waals surface area contributed by atoms with Gasteiger partial charge in [-0.1, -0.05) is 47.5 Å². The van der Waals surface area contributed by atoms with E-state index in [1.807, 2.05) is 36.5 Å². The van der Waals surface area contributed by atoms with Crippen molar-refractivity contribution < 1.29 is 4.79 Å². The van der Waals surface area contributed by atoms with Crippen LogP contribution in [-0.2, 0) is 0 Å². The molecular formula is C23H16Cl2N4O2S. The Labute approximate surface area is 196 Å². The van der Waals surface area contributed by atoms with Crippen LogP contribution < -0.4 is 10.9 Å². The van der Waals surface area contributed by atoms with E-state index < -0.39 is 11.5 Å². The summed E-state index contributed by atoms with van der Waals surface area (Å²) >= 11 is 14.0. The van der Waals surface area contributed by atoms with E-state index >= 15 is 0 Å². The average Bonchev–Trinajstić information content (AvgIpc) is 3.43. The van der Waals surface area contributed by atoms with E-state index in [0.717, 1.165) is 22.0 Å². The van der Waals surface area contributed by atoms with Crippen LogP contribution in [0.2, 0.25) is 10.0 Å². The fraction of sp³-hybridized carbons (Fsp3) is 0.0870. The molecule has 3 aromatic heterocycles. The molecule has 5 rings (SSSR count). The highest BCUT2D eigenvalue weighted by atomic mass is 35.5. The van der Waals surface area contributed by atoms with E-state index in [9.17, 15) is 9.59 Å². The van der Waals surface area contributed by atoms with Gasteiger partial charge in [-0.3, -0.25) is 14.0 Å². The van der Waals surface area contributed by atoms with Gasteiger partial charge in [0.25, 0.3) is 11.5 Å². The first kappa shape index (κ1) is 20.8. The summed E-state index contributed by atoms with van der Waals surface area (Å²) in [4.78, 5) is 33.6. The first-order valence-corrected chi connectivity index (χ1v) is 11.4. The molecule has 1 amide bonds. The summed E-state index contributed by atoms with van der Waals surface area (Å²) in [5.41, 5.74) is 2.37. The number of para-hydroxylation sites is 1. The van der Waals surface area contributed by atoms with Crippen molar-refractivity contribution in [1.82, 2.24) is 19.7 Å². The summed E-state index contributed by atoms with van der Waals surface area (Å²) in [6.45, 7) is 0.230. The third-order valence-corrected chi connectivity index (χ3v) is 6.72. The predicted octanol–water partition coefficient (Wildman–Crippen LogP) is 5.11. The lowest BCUT2D eigenvalue weighted by Crippen LogP contribution is -2.34. The normalized spacial score (nSPS) is 12.3. The van der Waals surface area contributed by atoms with Gasteiger partial charge in [0.1, 0.15) is 5.56 Å². The van der Waals surface area contributed by atoms with Crippen LogP contribution in [-0.4, -0.2) is 26.8 Å². The number of hydrogen-bond acceptors (Lipinski definition) is 4. The molecular weight excluding hydrogens is 467 g/mol. The standard InChI is InChI=1S/C23H16Cl2N4O2S/c24-13-5-6-14(19(25)9-13)16(17-10-26-20-4-2-1-3-15(17)20)11-27-21(30)18-12-28-23-29(22(18)31)7-8-32-23/h1-10,12,16,26H,11H2,(H,27,30). The highest BCUT2D eigenvalue weighted by molar-refractivity contribution is 7.15. The molecule has 0 aliphatic carbocycles. The van der Waals surface area contributed by atoms with Crippen molar-refractivity contribution in [2.24, 2.45) is 0 Å². The number of carbonyl (C=O) groups excluding carboxylic acids is 1. The first-order chi connectivity index (χ1) is 15.5. The molecule has 0 aliphatic rings. The molecule has 0 aliphatic heterocycles. The number of benzene rings is 2. The summed E-state index contributed by atoms with van der Waals surface area (Å²) < 4.78 is 1.37. The fourth-order valence-corrected chi connectivity index (χ4v) is 5.04. The van der Waals surface area contributed by atoms with E-state index in [1.165, 1.54) is 21.9 Å². The molecule has 0 saturated heterocycles. The number of halogens is 2. The molecule has 0 fully saturated rings. The predicted molar refractivity (Wildman–Crippen MR) is 128 cm³/mol. The highest BCUT2D eigenvalue weighted by Crippen LogP contribution is 2.35. The lowest BCUT2D eigenvalue weighted by atomic mass is 9.90. The third kappa shape index (κ3) is 3.68. The van der Waals surface area contributed by atoms with Crippen molar-refractivity contribution in [2.45, 2.75) is 5.92 Å². The lowest BCUT2D eigenvalue weighted by molar-refractivity contribution is 0.0950. The number of hydrogen-bond donors (Lipinski definition) is 2. The molecule has 2 aromatic carbocycles. The van der Waals surface area contributed by atoms with Crippen molar-refractivity contribution in [1.29, 1.82) is 0 Å². The smallest absolute Gasteiger partial charge is 0.271 e. The van der Waals surface area contributed by atoms with Gasteiger partial charge in [0.15, 0.2) is 4.96 Å². The molecule has 3 heterocycles. The van der Waals surface area contributed by atoms with Crippen molar-refractivity contribution in [3.63, 3.8) is 0 Å². The van der Waals surface area contributed by atoms with E-state index in [-0.39, 0.29) is 18.0 Å². The number of fused-ring (bicyclic) bond motifs is 2. The van der Waals surface area contributed by atoms with Crippen molar-refractivity contribution >= 4 is 56.3 Å². The topological polar surface area (TPSA) is 79.3 Å². The number of thiazole rings is 1. The molecule has 1 atom stereocenters. The lowest BCUT2D eigenvalue weighted by Gasteiger charge is -2.19. The number of nitrogens with zero attached hydrogens (tertiary/aromatic N) is 2. The van der Waals surface area contributed by atoms with Gasteiger partial charge in [-0.05, 0) is 29.3 Å². The number of carbonyl (C=O) groups is 1. The third-order valence-electron chi connectivity index (χ3n) is 5.39. The molecule has 6 nitrogen and oxygen atoms in total. The Morgan fingerprint density at radius 1 is 1.19 bits per heavy atom. The van der Waals surface area contributed by atoms with E-state index in [1.54, 1.807) is 23.7 Å². The summed E-state index contributed by atoms with van der Waals surface area (Å²) in [6, 6.07) is 13.2. The van der Waals surface area contributed by atoms with Gasteiger partial charge in [-0.25, -0.2) is 4.98 Å². The van der Waals surface area contributed by atoms with Gasteiger partial charge < -0.3 is 10.3 Å². The molecule has 0 spiro atoms. The minimum atomic E-state index is -0.488. The molecule has 1 unspecified atom stereocenters. The Bertz CT molecular complexity index is 1520. The van der Waals surface area contributed by atoms with Crippen LogP contribution in [0.25, 0.3) is 15.9 Å². The van der Waals surface area contributed by atoms with Crippen molar-refractivity contribution in [2.75, 3.05) is 6.54 Å². The van der Waals surface area contributed by atoms with Gasteiger partial charge >= 0.3 is 0 Å². The number of aromatic amines is 1. The zero-order chi connectivity index (χ0) is 22.2. The Morgan fingerprint density at radius 2 is 2.03 bits per heavy atom. The second kappa shape index (κ2) is 8.43. The molecule has 160 valence electrons. The number of amides is 1. The maximum atomic E-state index is 12.9. The number of nitrogens with one attached hydrogen (secondary N) is 2. The van der Waals surface area contributed by atoms with Gasteiger partial charge in [-0.2, -0.15) is 0 Å². The minimum Gasteiger partial charge on any atom is -0.361 e. The molecule has 2 N–H and O–H groups in total. The Balaban J connectivity index is 1.51. The number of H-pyrrole nitrogens is 1. The number of rotatable bonds is 5. The van der Waals surface area contributed by atoms with E-state index in [2.05, 4.69) is 15.3 Å². The quantitative estimate of drug-likeness (QED) is 0.365. The highest BCUT2D eigenvalue weighted by Gasteiger charge is 2.23. The summed E-state index contributed by atoms with van der Waals surface area (Å²) in [5.74, 6) is -0.751. The van der Waals surface area contributed by atoms with Crippen LogP contribution >= 0.6 is 34.5 Å². The molecule has 0 radical (unpaired) electrons. The average molecular weight is 483 g/mol. The maximum Gasteiger partial charge on any atom is 0.271 e. The van der Waals surface area contributed by atoms with Crippen molar-refractivity contribution in [3.8, 4) is 0 Å². The SMILES string of the molecule is O=C(NCC(c1ccc(Cl)cc1Cl)c1c[nH]c2ccccc12)c1cnc2sccn2c1=O. The second-order valence-electron chi connectivity index (χ2n) is 7.25. The molecule has 0 saturated carbocycles. The number of aromatic nitrogens is 3. The Morgan fingerprint density at radius 3 is 2.88 bits per heavy atom. The molecule has 32 heavy (non-hydrogen) atoms. The monoisotopic (exact) mass is 482 g/mol. The van der Waals surface area contributed by atoms with Crippen LogP contribution in [0.15, 0.2) is 71.2 Å². The van der Waals surface area contributed by atoms with Crippen LogP contribution in [0.4, 0.5) is 0 Å². The second-order valence-corrected chi connectivity index (χ2v) is 8.97. The Kier molecular flexibility index (Phi) is 5.46. The van der Waals surface area contributed by atoms with Gasteiger partial charge in [0.05, 0.1) is 0 Å². The van der Waals surface area contributed by atoms with Crippen LogP contribution in [0, 0.1) is 0 Å².